The van der Waals surface area contributed by atoms with Crippen molar-refractivity contribution in [2.24, 2.45) is 0 Å². The van der Waals surface area contributed by atoms with Crippen molar-refractivity contribution in [2.45, 2.75) is 78.8 Å². The molecule has 0 spiro atoms. The van der Waals surface area contributed by atoms with Gasteiger partial charge in [-0.15, -0.1) is 0 Å². The van der Waals surface area contributed by atoms with Crippen molar-refractivity contribution in [1.29, 1.82) is 0 Å². The van der Waals surface area contributed by atoms with Crippen molar-refractivity contribution in [3.05, 3.63) is 40.4 Å². The number of hydrogen-bond acceptors (Lipinski definition) is 5. The second-order valence-corrected chi connectivity index (χ2v) is 7.61. The van der Waals surface area contributed by atoms with Crippen LogP contribution in [-0.4, -0.2) is 39.5 Å². The van der Waals surface area contributed by atoms with Crippen molar-refractivity contribution in [3.63, 3.8) is 0 Å². The summed E-state index contributed by atoms with van der Waals surface area (Å²) in [5.41, 5.74) is 0.568. The SMILES string of the molecule is CCCCN(C(=O)CCC(=O)OCC)C(CC)c1nc2ccccc2c(=O)n1CCC. The number of fused-ring (bicyclic) bond motifs is 1. The molecule has 0 saturated heterocycles. The average molecular weight is 430 g/mol. The van der Waals surface area contributed by atoms with E-state index in [1.165, 1.54) is 0 Å². The Morgan fingerprint density at radius 3 is 2.48 bits per heavy atom. The fraction of sp³-hybridized carbons (Fsp3) is 0.583. The highest BCUT2D eigenvalue weighted by Crippen LogP contribution is 2.25. The summed E-state index contributed by atoms with van der Waals surface area (Å²) in [6, 6.07) is 7.00. The summed E-state index contributed by atoms with van der Waals surface area (Å²) >= 11 is 0. The third kappa shape index (κ3) is 6.15. The minimum absolute atomic E-state index is 0.0542. The van der Waals surface area contributed by atoms with Crippen LogP contribution in [0.2, 0.25) is 0 Å². The molecule has 0 radical (unpaired) electrons. The number of amides is 1. The molecule has 2 rings (SSSR count). The van der Waals surface area contributed by atoms with Crippen LogP contribution >= 0.6 is 0 Å². The molecule has 1 heterocycles. The van der Waals surface area contributed by atoms with Crippen LogP contribution in [0.5, 0.6) is 0 Å². The molecule has 7 heteroatoms. The number of rotatable bonds is 12. The number of aromatic nitrogens is 2. The zero-order valence-corrected chi connectivity index (χ0v) is 19.2. The van der Waals surface area contributed by atoms with Gasteiger partial charge in [-0.2, -0.15) is 0 Å². The van der Waals surface area contributed by atoms with Gasteiger partial charge in [-0.05, 0) is 38.3 Å². The van der Waals surface area contributed by atoms with Gasteiger partial charge in [-0.3, -0.25) is 19.0 Å². The summed E-state index contributed by atoms with van der Waals surface area (Å²) in [6.45, 7) is 9.24. The molecule has 1 aromatic carbocycles. The summed E-state index contributed by atoms with van der Waals surface area (Å²) in [4.78, 5) is 44.8. The highest BCUT2D eigenvalue weighted by molar-refractivity contribution is 5.82. The molecule has 170 valence electrons. The predicted molar refractivity (Wildman–Crippen MR) is 122 cm³/mol. The zero-order valence-electron chi connectivity index (χ0n) is 19.2. The van der Waals surface area contributed by atoms with Gasteiger partial charge in [-0.25, -0.2) is 4.98 Å². The van der Waals surface area contributed by atoms with E-state index in [1.807, 2.05) is 32.0 Å². The lowest BCUT2D eigenvalue weighted by molar-refractivity contribution is -0.146. The minimum Gasteiger partial charge on any atom is -0.466 e. The number of ether oxygens (including phenoxy) is 1. The molecule has 7 nitrogen and oxygen atoms in total. The number of benzene rings is 1. The highest BCUT2D eigenvalue weighted by Gasteiger charge is 2.28. The monoisotopic (exact) mass is 429 g/mol. The Hall–Kier alpha value is -2.70. The first-order valence-electron chi connectivity index (χ1n) is 11.4. The largest absolute Gasteiger partial charge is 0.466 e. The van der Waals surface area contributed by atoms with Crippen LogP contribution in [0.1, 0.15) is 78.1 Å². The Bertz CT molecular complexity index is 938. The Morgan fingerprint density at radius 1 is 1.10 bits per heavy atom. The van der Waals surface area contributed by atoms with Gasteiger partial charge in [-0.1, -0.05) is 39.3 Å². The van der Waals surface area contributed by atoms with Gasteiger partial charge in [0, 0.05) is 19.5 Å². The molecule has 0 fully saturated rings. The topological polar surface area (TPSA) is 81.5 Å². The van der Waals surface area contributed by atoms with E-state index in [4.69, 9.17) is 9.72 Å². The predicted octanol–water partition coefficient (Wildman–Crippen LogP) is 4.23. The molecule has 1 amide bonds. The van der Waals surface area contributed by atoms with Gasteiger partial charge >= 0.3 is 5.97 Å². The van der Waals surface area contributed by atoms with Crippen LogP contribution in [0.3, 0.4) is 0 Å². The van der Waals surface area contributed by atoms with E-state index in [-0.39, 0.29) is 36.3 Å². The number of esters is 1. The molecule has 0 aliphatic carbocycles. The Kier molecular flexibility index (Phi) is 9.69. The van der Waals surface area contributed by atoms with Crippen molar-refractivity contribution in [2.75, 3.05) is 13.2 Å². The van der Waals surface area contributed by atoms with Gasteiger partial charge < -0.3 is 9.64 Å². The normalized spacial score (nSPS) is 12.0. The summed E-state index contributed by atoms with van der Waals surface area (Å²) in [5.74, 6) is 0.138. The Balaban J connectivity index is 2.47. The van der Waals surface area contributed by atoms with Gasteiger partial charge in [0.25, 0.3) is 5.56 Å². The van der Waals surface area contributed by atoms with E-state index in [0.29, 0.717) is 42.8 Å². The molecule has 1 aromatic heterocycles. The second kappa shape index (κ2) is 12.2. The fourth-order valence-electron chi connectivity index (χ4n) is 3.79. The molecule has 31 heavy (non-hydrogen) atoms. The van der Waals surface area contributed by atoms with E-state index in [2.05, 4.69) is 6.92 Å². The maximum Gasteiger partial charge on any atom is 0.306 e. The summed E-state index contributed by atoms with van der Waals surface area (Å²) in [6.07, 6.45) is 3.33. The van der Waals surface area contributed by atoms with Crippen LogP contribution in [-0.2, 0) is 20.9 Å². The number of hydrogen-bond donors (Lipinski definition) is 0. The highest BCUT2D eigenvalue weighted by atomic mass is 16.5. The van der Waals surface area contributed by atoms with Crippen LogP contribution in [0.4, 0.5) is 0 Å². The molecule has 0 saturated carbocycles. The first-order chi connectivity index (χ1) is 15.0. The van der Waals surface area contributed by atoms with Crippen molar-refractivity contribution < 1.29 is 14.3 Å². The van der Waals surface area contributed by atoms with Crippen molar-refractivity contribution in [1.82, 2.24) is 14.5 Å². The number of para-hydroxylation sites is 1. The lowest BCUT2D eigenvalue weighted by Crippen LogP contribution is -2.39. The molecule has 0 aliphatic rings. The Morgan fingerprint density at radius 2 is 1.84 bits per heavy atom. The van der Waals surface area contributed by atoms with Gasteiger partial charge in [0.2, 0.25) is 5.91 Å². The average Bonchev–Trinajstić information content (AvgIpc) is 2.77. The van der Waals surface area contributed by atoms with Gasteiger partial charge in [0.1, 0.15) is 5.82 Å². The first kappa shape index (κ1) is 24.6. The fourth-order valence-corrected chi connectivity index (χ4v) is 3.79. The lowest BCUT2D eigenvalue weighted by atomic mass is 10.1. The van der Waals surface area contributed by atoms with E-state index in [0.717, 1.165) is 19.3 Å². The molecule has 2 aromatic rings. The maximum absolute atomic E-state index is 13.2. The molecule has 1 unspecified atom stereocenters. The third-order valence-electron chi connectivity index (χ3n) is 5.32. The quantitative estimate of drug-likeness (QED) is 0.472. The zero-order chi connectivity index (χ0) is 22.8. The van der Waals surface area contributed by atoms with Gasteiger partial charge in [0.15, 0.2) is 0 Å². The molecule has 0 bridgehead atoms. The van der Waals surface area contributed by atoms with Gasteiger partial charge in [0.05, 0.1) is 30.0 Å². The maximum atomic E-state index is 13.2. The number of nitrogens with zero attached hydrogens (tertiary/aromatic N) is 3. The lowest BCUT2D eigenvalue weighted by Gasteiger charge is -2.32. The van der Waals surface area contributed by atoms with E-state index < -0.39 is 0 Å². The Labute approximate surface area is 184 Å². The van der Waals surface area contributed by atoms with Crippen molar-refractivity contribution >= 4 is 22.8 Å². The first-order valence-corrected chi connectivity index (χ1v) is 11.4. The molecular weight excluding hydrogens is 394 g/mol. The number of carbonyl (C=O) groups is 2. The third-order valence-corrected chi connectivity index (χ3v) is 5.32. The van der Waals surface area contributed by atoms with Crippen LogP contribution in [0.15, 0.2) is 29.1 Å². The molecule has 0 aliphatic heterocycles. The molecule has 1 atom stereocenters. The summed E-state index contributed by atoms with van der Waals surface area (Å²) in [7, 11) is 0. The number of carbonyl (C=O) groups excluding carboxylic acids is 2. The molecule has 0 N–H and O–H groups in total. The van der Waals surface area contributed by atoms with Crippen LogP contribution in [0, 0.1) is 0 Å². The van der Waals surface area contributed by atoms with E-state index in [1.54, 1.807) is 22.5 Å². The van der Waals surface area contributed by atoms with E-state index in [9.17, 15) is 14.4 Å². The van der Waals surface area contributed by atoms with Crippen molar-refractivity contribution in [3.8, 4) is 0 Å². The molecular formula is C24H35N3O4. The second-order valence-electron chi connectivity index (χ2n) is 7.61. The smallest absolute Gasteiger partial charge is 0.306 e. The van der Waals surface area contributed by atoms with Crippen LogP contribution in [0.25, 0.3) is 10.9 Å². The summed E-state index contributed by atoms with van der Waals surface area (Å²) in [5, 5.41) is 0.586. The van der Waals surface area contributed by atoms with E-state index >= 15 is 0 Å². The standard InChI is InChI=1S/C24H35N3O4/c1-5-9-17-26(21(28)14-15-22(29)31-8-4)20(7-3)23-25-19-13-11-10-12-18(19)24(30)27(23)16-6-2/h10-13,20H,5-9,14-17H2,1-4H3. The minimum atomic E-state index is -0.369. The summed E-state index contributed by atoms with van der Waals surface area (Å²) < 4.78 is 6.69. The number of unbranched alkanes of at least 4 members (excludes halogenated alkanes) is 1. The van der Waals surface area contributed by atoms with Crippen LogP contribution < -0.4 is 5.56 Å².